The number of amides is 1. The van der Waals surface area contributed by atoms with Gasteiger partial charge in [-0.1, -0.05) is 22.9 Å². The first-order valence-corrected chi connectivity index (χ1v) is 11.9. The van der Waals surface area contributed by atoms with Crippen molar-refractivity contribution < 1.29 is 13.2 Å². The van der Waals surface area contributed by atoms with Crippen molar-refractivity contribution in [1.82, 2.24) is 8.87 Å². The molecule has 1 amide bonds. The van der Waals surface area contributed by atoms with Crippen LogP contribution in [0.15, 0.2) is 46.3 Å². The number of carbonyl (C=O) groups excluding carboxylic acids is 1. The molecule has 0 N–H and O–H groups in total. The lowest BCUT2D eigenvalue weighted by atomic mass is 10.2. The number of sulfonamides is 1. The molecule has 1 fully saturated rings. The normalized spacial score (nSPS) is 16.0. The molecule has 3 aromatic rings. The molecule has 0 aliphatic carbocycles. The molecule has 1 aromatic heterocycles. The number of thiazole rings is 1. The van der Waals surface area contributed by atoms with Gasteiger partial charge in [-0.3, -0.25) is 4.79 Å². The molecular weight excluding hydrogens is 430 g/mol. The van der Waals surface area contributed by atoms with E-state index in [0.29, 0.717) is 28.5 Å². The highest BCUT2D eigenvalue weighted by Crippen LogP contribution is 2.26. The Morgan fingerprint density at radius 1 is 1.10 bits per heavy atom. The van der Waals surface area contributed by atoms with E-state index in [2.05, 4.69) is 4.99 Å². The first-order chi connectivity index (χ1) is 13.8. The van der Waals surface area contributed by atoms with E-state index in [1.54, 1.807) is 0 Å². The van der Waals surface area contributed by atoms with Crippen molar-refractivity contribution in [3.63, 3.8) is 0 Å². The van der Waals surface area contributed by atoms with Crippen LogP contribution in [0.1, 0.15) is 28.8 Å². The number of aromatic nitrogens is 1. The van der Waals surface area contributed by atoms with Crippen molar-refractivity contribution in [2.45, 2.75) is 24.7 Å². The molecule has 29 heavy (non-hydrogen) atoms. The van der Waals surface area contributed by atoms with Crippen LogP contribution in [0.2, 0.25) is 5.02 Å². The van der Waals surface area contributed by atoms with Crippen molar-refractivity contribution in [3.8, 4) is 0 Å². The Hall–Kier alpha value is -2.00. The highest BCUT2D eigenvalue weighted by Gasteiger charge is 2.27. The van der Waals surface area contributed by atoms with Crippen LogP contribution >= 0.6 is 22.9 Å². The number of benzene rings is 2. The van der Waals surface area contributed by atoms with Gasteiger partial charge in [0.2, 0.25) is 10.0 Å². The van der Waals surface area contributed by atoms with Crippen LogP contribution in [0, 0.1) is 6.92 Å². The zero-order valence-electron chi connectivity index (χ0n) is 16.1. The molecule has 2 heterocycles. The average molecular weight is 450 g/mol. The van der Waals surface area contributed by atoms with Gasteiger partial charge < -0.3 is 4.57 Å². The molecule has 9 heteroatoms. The van der Waals surface area contributed by atoms with E-state index in [4.69, 9.17) is 11.6 Å². The molecule has 0 unspecified atom stereocenters. The molecule has 1 aliphatic rings. The molecule has 1 aliphatic heterocycles. The summed E-state index contributed by atoms with van der Waals surface area (Å²) in [6.45, 7) is 3.02. The zero-order chi connectivity index (χ0) is 20.8. The van der Waals surface area contributed by atoms with Crippen LogP contribution in [0.4, 0.5) is 0 Å². The number of nitrogens with zero attached hydrogens (tertiary/aromatic N) is 3. The van der Waals surface area contributed by atoms with E-state index in [0.717, 1.165) is 28.6 Å². The van der Waals surface area contributed by atoms with Crippen LogP contribution in [0.3, 0.4) is 0 Å². The second kappa shape index (κ2) is 7.68. The Balaban J connectivity index is 1.66. The molecule has 0 spiro atoms. The summed E-state index contributed by atoms with van der Waals surface area (Å²) in [6.07, 6.45) is 1.76. The molecule has 4 rings (SSSR count). The van der Waals surface area contributed by atoms with Gasteiger partial charge >= 0.3 is 0 Å². The fraction of sp³-hybridized carbons (Fsp3) is 0.300. The molecule has 2 aromatic carbocycles. The number of fused-ring (bicyclic) bond motifs is 1. The number of hydrogen-bond acceptors (Lipinski definition) is 4. The van der Waals surface area contributed by atoms with Crippen LogP contribution in [0.5, 0.6) is 0 Å². The quantitative estimate of drug-likeness (QED) is 0.611. The van der Waals surface area contributed by atoms with Gasteiger partial charge in [-0.05, 0) is 61.7 Å². The summed E-state index contributed by atoms with van der Waals surface area (Å²) in [5, 5.41) is 0.665. The number of rotatable bonds is 3. The second-order valence-electron chi connectivity index (χ2n) is 7.02. The third-order valence-corrected chi connectivity index (χ3v) is 8.57. The van der Waals surface area contributed by atoms with Crippen LogP contribution < -0.4 is 4.80 Å². The summed E-state index contributed by atoms with van der Waals surface area (Å²) in [4.78, 5) is 17.7. The minimum Gasteiger partial charge on any atom is -0.319 e. The van der Waals surface area contributed by atoms with E-state index in [1.165, 1.54) is 39.9 Å². The second-order valence-corrected chi connectivity index (χ2v) is 10.4. The fourth-order valence-electron chi connectivity index (χ4n) is 3.51. The molecule has 152 valence electrons. The Kier molecular flexibility index (Phi) is 5.37. The largest absolute Gasteiger partial charge is 0.319 e. The van der Waals surface area contributed by atoms with Crippen LogP contribution in [-0.2, 0) is 17.1 Å². The summed E-state index contributed by atoms with van der Waals surface area (Å²) in [5.41, 5.74) is 2.23. The van der Waals surface area contributed by atoms with Crippen LogP contribution in [-0.4, -0.2) is 36.3 Å². The fourth-order valence-corrected chi connectivity index (χ4v) is 6.25. The van der Waals surface area contributed by atoms with Gasteiger partial charge in [0.1, 0.15) is 0 Å². The molecule has 0 atom stereocenters. The summed E-state index contributed by atoms with van der Waals surface area (Å²) in [7, 11) is -1.65. The summed E-state index contributed by atoms with van der Waals surface area (Å²) in [5.74, 6) is -0.416. The van der Waals surface area contributed by atoms with Gasteiger partial charge in [0.05, 0.1) is 15.1 Å². The molecule has 0 radical (unpaired) electrons. The van der Waals surface area contributed by atoms with E-state index in [-0.39, 0.29) is 4.90 Å². The highest BCUT2D eigenvalue weighted by atomic mass is 35.5. The van der Waals surface area contributed by atoms with E-state index < -0.39 is 15.9 Å². The van der Waals surface area contributed by atoms with Gasteiger partial charge in [-0.25, -0.2) is 8.42 Å². The number of carbonyl (C=O) groups is 1. The topological polar surface area (TPSA) is 71.7 Å². The predicted molar refractivity (Wildman–Crippen MR) is 115 cm³/mol. The first-order valence-electron chi connectivity index (χ1n) is 9.23. The maximum absolute atomic E-state index is 12.7. The van der Waals surface area contributed by atoms with Crippen molar-refractivity contribution in [1.29, 1.82) is 0 Å². The van der Waals surface area contributed by atoms with Crippen molar-refractivity contribution in [3.05, 3.63) is 57.3 Å². The molecular formula is C20H20ClN3O3S2. The third-order valence-electron chi connectivity index (χ3n) is 5.15. The number of hydrogen-bond donors (Lipinski definition) is 0. The molecule has 6 nitrogen and oxygen atoms in total. The first kappa shape index (κ1) is 20.3. The molecule has 0 bridgehead atoms. The highest BCUT2D eigenvalue weighted by molar-refractivity contribution is 7.89. The maximum atomic E-state index is 12.7. The predicted octanol–water partition coefficient (Wildman–Crippen LogP) is 3.73. The maximum Gasteiger partial charge on any atom is 0.279 e. The van der Waals surface area contributed by atoms with Gasteiger partial charge in [0.25, 0.3) is 5.91 Å². The Labute approximate surface area is 178 Å². The van der Waals surface area contributed by atoms with Gasteiger partial charge in [0, 0.05) is 30.7 Å². The Bertz CT molecular complexity index is 1270. The third kappa shape index (κ3) is 3.66. The summed E-state index contributed by atoms with van der Waals surface area (Å²) in [6, 6.07) is 9.74. The lowest BCUT2D eigenvalue weighted by molar-refractivity contribution is 0.0998. The van der Waals surface area contributed by atoms with Gasteiger partial charge in [-0.2, -0.15) is 9.30 Å². The number of halogens is 1. The van der Waals surface area contributed by atoms with E-state index in [1.807, 2.05) is 30.7 Å². The smallest absolute Gasteiger partial charge is 0.279 e. The zero-order valence-corrected chi connectivity index (χ0v) is 18.4. The Morgan fingerprint density at radius 3 is 2.41 bits per heavy atom. The monoisotopic (exact) mass is 449 g/mol. The number of aryl methyl sites for hydroxylation is 2. The van der Waals surface area contributed by atoms with Crippen LogP contribution in [0.25, 0.3) is 10.2 Å². The van der Waals surface area contributed by atoms with Gasteiger partial charge in [0.15, 0.2) is 4.80 Å². The van der Waals surface area contributed by atoms with Crippen molar-refractivity contribution in [2.24, 2.45) is 12.0 Å². The summed E-state index contributed by atoms with van der Waals surface area (Å²) >= 11 is 7.62. The molecule has 1 saturated heterocycles. The lowest BCUT2D eigenvalue weighted by Gasteiger charge is -2.15. The summed E-state index contributed by atoms with van der Waals surface area (Å²) < 4.78 is 29.6. The van der Waals surface area contributed by atoms with Crippen molar-refractivity contribution in [2.75, 3.05) is 13.1 Å². The SMILES string of the molecule is Cc1c(Cl)ccc2sc(=NC(=O)c3ccc(S(=O)(=O)N4CCCC4)cc3)n(C)c12. The van der Waals surface area contributed by atoms with Gasteiger partial charge in [-0.15, -0.1) is 0 Å². The minimum atomic E-state index is -3.50. The average Bonchev–Trinajstić information content (AvgIpc) is 3.35. The standard InChI is InChI=1S/C20H20ClN3O3S2/c1-13-16(21)9-10-17-18(13)23(2)20(28-17)22-19(25)14-5-7-15(8-6-14)29(26,27)24-11-3-4-12-24/h5-10H,3-4,11-12H2,1-2H3. The van der Waals surface area contributed by atoms with Crippen molar-refractivity contribution >= 4 is 49.1 Å². The van der Waals surface area contributed by atoms with E-state index in [9.17, 15) is 13.2 Å². The Morgan fingerprint density at radius 2 is 1.76 bits per heavy atom. The van der Waals surface area contributed by atoms with E-state index >= 15 is 0 Å². The molecule has 0 saturated carbocycles. The lowest BCUT2D eigenvalue weighted by Crippen LogP contribution is -2.27. The minimum absolute atomic E-state index is 0.202.